The van der Waals surface area contributed by atoms with Gasteiger partial charge in [0.05, 0.1) is 0 Å². The minimum absolute atomic E-state index is 0.0113. The number of benzene rings is 1. The number of carbonyl (C=O) groups is 3. The number of likely N-dealkylation sites (tertiary alicyclic amines) is 1. The van der Waals surface area contributed by atoms with E-state index >= 15 is 0 Å². The fourth-order valence-corrected chi connectivity index (χ4v) is 3.75. The molecular formula is C22H28F2N2O4. The van der Waals surface area contributed by atoms with Crippen molar-refractivity contribution in [2.45, 2.75) is 77.1 Å². The predicted octanol–water partition coefficient (Wildman–Crippen LogP) is 3.08. The van der Waals surface area contributed by atoms with Crippen LogP contribution in [0.1, 0.15) is 57.9 Å². The van der Waals surface area contributed by atoms with Crippen molar-refractivity contribution < 1.29 is 27.9 Å². The molecule has 1 aliphatic heterocycles. The van der Waals surface area contributed by atoms with E-state index in [1.165, 1.54) is 17.0 Å². The summed E-state index contributed by atoms with van der Waals surface area (Å²) in [5.74, 6) is -3.13. The third kappa shape index (κ3) is 5.15. The number of rotatable bonds is 8. The van der Waals surface area contributed by atoms with Gasteiger partial charge in [-0.25, -0.2) is 13.6 Å². The first-order valence-corrected chi connectivity index (χ1v) is 10.5. The zero-order valence-corrected chi connectivity index (χ0v) is 17.3. The largest absolute Gasteiger partial charge is 0.461 e. The van der Waals surface area contributed by atoms with Crippen LogP contribution < -0.4 is 5.32 Å². The molecule has 30 heavy (non-hydrogen) atoms. The van der Waals surface area contributed by atoms with Crippen molar-refractivity contribution >= 4 is 17.8 Å². The Morgan fingerprint density at radius 2 is 1.97 bits per heavy atom. The summed E-state index contributed by atoms with van der Waals surface area (Å²) in [6.07, 6.45) is 3.34. The minimum Gasteiger partial charge on any atom is -0.461 e. The molecule has 2 amide bonds. The molecule has 2 aliphatic rings. The summed E-state index contributed by atoms with van der Waals surface area (Å²) in [6.45, 7) is 3.55. The summed E-state index contributed by atoms with van der Waals surface area (Å²) in [4.78, 5) is 38.7. The molecule has 1 aromatic carbocycles. The molecule has 0 bridgehead atoms. The van der Waals surface area contributed by atoms with Crippen LogP contribution in [0.5, 0.6) is 0 Å². The van der Waals surface area contributed by atoms with Gasteiger partial charge in [-0.1, -0.05) is 26.0 Å². The van der Waals surface area contributed by atoms with E-state index in [-0.39, 0.29) is 48.8 Å². The monoisotopic (exact) mass is 422 g/mol. The highest BCUT2D eigenvalue weighted by Crippen LogP contribution is 2.26. The van der Waals surface area contributed by atoms with Crippen molar-refractivity contribution in [1.29, 1.82) is 0 Å². The molecule has 8 heteroatoms. The molecule has 0 radical (unpaired) electrons. The van der Waals surface area contributed by atoms with Crippen LogP contribution in [0.15, 0.2) is 18.2 Å². The first kappa shape index (κ1) is 22.2. The van der Waals surface area contributed by atoms with Crippen LogP contribution >= 0.6 is 0 Å². The molecule has 6 nitrogen and oxygen atoms in total. The maximum absolute atomic E-state index is 14.0. The fourth-order valence-electron chi connectivity index (χ4n) is 3.75. The highest BCUT2D eigenvalue weighted by molar-refractivity contribution is 5.86. The molecule has 0 unspecified atom stereocenters. The van der Waals surface area contributed by atoms with Gasteiger partial charge in [0, 0.05) is 31.0 Å². The Bertz CT molecular complexity index is 810. The molecule has 3 rings (SSSR count). The van der Waals surface area contributed by atoms with E-state index < -0.39 is 29.7 Å². The van der Waals surface area contributed by atoms with E-state index in [2.05, 4.69) is 5.32 Å². The van der Waals surface area contributed by atoms with Crippen LogP contribution in [0.3, 0.4) is 0 Å². The number of halogens is 2. The Morgan fingerprint density at radius 3 is 2.60 bits per heavy atom. The number of hydrogen-bond donors (Lipinski definition) is 1. The maximum atomic E-state index is 14.0. The number of carbonyl (C=O) groups excluding carboxylic acids is 3. The second kappa shape index (κ2) is 9.53. The molecule has 0 spiro atoms. The van der Waals surface area contributed by atoms with Gasteiger partial charge in [0.2, 0.25) is 11.8 Å². The predicted molar refractivity (Wildman–Crippen MR) is 105 cm³/mol. The first-order chi connectivity index (χ1) is 14.3. The van der Waals surface area contributed by atoms with Crippen LogP contribution in [-0.4, -0.2) is 40.9 Å². The van der Waals surface area contributed by atoms with Gasteiger partial charge < -0.3 is 15.0 Å². The van der Waals surface area contributed by atoms with E-state index in [4.69, 9.17) is 4.74 Å². The van der Waals surface area contributed by atoms with Crippen LogP contribution in [0.4, 0.5) is 8.78 Å². The Hall–Kier alpha value is -2.51. The summed E-state index contributed by atoms with van der Waals surface area (Å²) < 4.78 is 32.9. The SMILES string of the molecule is CC(C)[C@H](NC(=O)C[C@@H]1CCC(=O)N1Cc1cccc(F)c1F)C(=O)OC1CCC1. The number of nitrogens with one attached hydrogen (secondary N) is 1. The zero-order chi connectivity index (χ0) is 21.8. The van der Waals surface area contributed by atoms with E-state index in [1.807, 2.05) is 13.8 Å². The second-order valence-corrected chi connectivity index (χ2v) is 8.41. The molecule has 1 heterocycles. The number of amides is 2. The van der Waals surface area contributed by atoms with Gasteiger partial charge in [0.1, 0.15) is 12.1 Å². The standard InChI is InChI=1S/C22H28F2N2O4/c1-13(2)21(22(29)30-16-6-4-7-16)25-18(27)11-15-9-10-19(28)26(15)12-14-5-3-8-17(23)20(14)24/h3,5,8,13,15-16,21H,4,6-7,9-12H2,1-2H3,(H,25,27)/t15-,21-/m0/s1. The van der Waals surface area contributed by atoms with Gasteiger partial charge in [0.15, 0.2) is 11.6 Å². The molecule has 1 saturated carbocycles. The third-order valence-corrected chi connectivity index (χ3v) is 5.82. The lowest BCUT2D eigenvalue weighted by molar-refractivity contribution is -0.158. The summed E-state index contributed by atoms with van der Waals surface area (Å²) in [5.41, 5.74) is 0.0693. The second-order valence-electron chi connectivity index (χ2n) is 8.41. The highest BCUT2D eigenvalue weighted by Gasteiger charge is 2.35. The average molecular weight is 422 g/mol. The van der Waals surface area contributed by atoms with Crippen LogP contribution in [0.2, 0.25) is 0 Å². The maximum Gasteiger partial charge on any atom is 0.329 e. The number of ether oxygens (including phenoxy) is 1. The lowest BCUT2D eigenvalue weighted by Crippen LogP contribution is -2.48. The average Bonchev–Trinajstić information content (AvgIpc) is 2.99. The lowest BCUT2D eigenvalue weighted by Gasteiger charge is -2.30. The van der Waals surface area contributed by atoms with Crippen LogP contribution in [0.25, 0.3) is 0 Å². The number of hydrogen-bond acceptors (Lipinski definition) is 4. The smallest absolute Gasteiger partial charge is 0.329 e. The number of nitrogens with zero attached hydrogens (tertiary/aromatic N) is 1. The highest BCUT2D eigenvalue weighted by atomic mass is 19.2. The van der Waals surface area contributed by atoms with E-state index in [0.717, 1.165) is 25.3 Å². The van der Waals surface area contributed by atoms with Crippen molar-refractivity contribution in [2.75, 3.05) is 0 Å². The Labute approximate surface area is 174 Å². The van der Waals surface area contributed by atoms with E-state index in [9.17, 15) is 23.2 Å². The minimum atomic E-state index is -0.987. The molecule has 2 fully saturated rings. The summed E-state index contributed by atoms with van der Waals surface area (Å²) in [7, 11) is 0. The van der Waals surface area contributed by atoms with Gasteiger partial charge in [0.25, 0.3) is 0 Å². The van der Waals surface area contributed by atoms with Crippen molar-refractivity contribution in [3.05, 3.63) is 35.4 Å². The molecule has 2 atom stereocenters. The van der Waals surface area contributed by atoms with Crippen LogP contribution in [-0.2, 0) is 25.7 Å². The van der Waals surface area contributed by atoms with Crippen molar-refractivity contribution in [3.63, 3.8) is 0 Å². The Balaban J connectivity index is 1.61. The van der Waals surface area contributed by atoms with Gasteiger partial charge >= 0.3 is 5.97 Å². The number of esters is 1. The molecule has 0 aromatic heterocycles. The van der Waals surface area contributed by atoms with Gasteiger partial charge in [-0.3, -0.25) is 9.59 Å². The topological polar surface area (TPSA) is 75.7 Å². The Kier molecular flexibility index (Phi) is 7.05. The fraction of sp³-hybridized carbons (Fsp3) is 0.591. The van der Waals surface area contributed by atoms with E-state index in [1.54, 1.807) is 0 Å². The summed E-state index contributed by atoms with van der Waals surface area (Å²) in [5, 5.41) is 2.73. The molecule has 1 aliphatic carbocycles. The molecule has 1 saturated heterocycles. The quantitative estimate of drug-likeness (QED) is 0.654. The summed E-state index contributed by atoms with van der Waals surface area (Å²) in [6, 6.07) is 2.63. The van der Waals surface area contributed by atoms with Crippen molar-refractivity contribution in [2.24, 2.45) is 5.92 Å². The van der Waals surface area contributed by atoms with Crippen molar-refractivity contribution in [3.8, 4) is 0 Å². The van der Waals surface area contributed by atoms with E-state index in [0.29, 0.717) is 6.42 Å². The van der Waals surface area contributed by atoms with Gasteiger partial charge in [-0.2, -0.15) is 0 Å². The van der Waals surface area contributed by atoms with Crippen molar-refractivity contribution in [1.82, 2.24) is 10.2 Å². The molecule has 1 aromatic rings. The molecular weight excluding hydrogens is 394 g/mol. The Morgan fingerprint density at radius 1 is 1.23 bits per heavy atom. The molecule has 1 N–H and O–H groups in total. The normalized spacial score (nSPS) is 20.2. The van der Waals surface area contributed by atoms with Gasteiger partial charge in [-0.05, 0) is 37.7 Å². The molecule has 164 valence electrons. The van der Waals surface area contributed by atoms with Crippen LogP contribution in [0, 0.1) is 17.6 Å². The first-order valence-electron chi connectivity index (χ1n) is 10.5. The van der Waals surface area contributed by atoms with Gasteiger partial charge in [-0.15, -0.1) is 0 Å². The lowest BCUT2D eigenvalue weighted by atomic mass is 9.96. The third-order valence-electron chi connectivity index (χ3n) is 5.82. The zero-order valence-electron chi connectivity index (χ0n) is 17.3. The summed E-state index contributed by atoms with van der Waals surface area (Å²) >= 11 is 0.